The van der Waals surface area contributed by atoms with Crippen molar-refractivity contribution in [3.63, 3.8) is 0 Å². The maximum Gasteiger partial charge on any atom is 0.0200 e. The highest BCUT2D eigenvalue weighted by Crippen LogP contribution is 2.16. The van der Waals surface area contributed by atoms with E-state index in [0.717, 1.165) is 0 Å². The van der Waals surface area contributed by atoms with E-state index in [1.807, 2.05) is 0 Å². The molecule has 1 saturated heterocycles. The summed E-state index contributed by atoms with van der Waals surface area (Å²) >= 11 is 0. The average molecular weight is 170 g/mol. The molecule has 0 aromatic heterocycles. The van der Waals surface area contributed by atoms with Gasteiger partial charge in [0.15, 0.2) is 0 Å². The molecule has 0 spiro atoms. The number of likely N-dealkylation sites (N-methyl/N-ethyl adjacent to an activating group) is 1. The molecule has 0 bridgehead atoms. The molecule has 0 radical (unpaired) electrons. The van der Waals surface area contributed by atoms with E-state index < -0.39 is 0 Å². The molecule has 2 heteroatoms. The van der Waals surface area contributed by atoms with Gasteiger partial charge in [-0.25, -0.2) is 0 Å². The molecular formula is C10H22N2. The summed E-state index contributed by atoms with van der Waals surface area (Å²) in [5.41, 5.74) is 0. The molecule has 0 aromatic carbocycles. The minimum absolute atomic E-state index is 0.684. The molecule has 0 N–H and O–H groups in total. The van der Waals surface area contributed by atoms with Crippen LogP contribution in [0.4, 0.5) is 0 Å². The lowest BCUT2D eigenvalue weighted by Crippen LogP contribution is -2.57. The van der Waals surface area contributed by atoms with Gasteiger partial charge in [0.25, 0.3) is 0 Å². The smallest absolute Gasteiger partial charge is 0.0200 e. The van der Waals surface area contributed by atoms with Gasteiger partial charge in [-0.15, -0.1) is 0 Å². The van der Waals surface area contributed by atoms with Crippen molar-refractivity contribution in [1.82, 2.24) is 9.80 Å². The van der Waals surface area contributed by atoms with Crippen LogP contribution in [-0.4, -0.2) is 48.1 Å². The summed E-state index contributed by atoms with van der Waals surface area (Å²) in [5.74, 6) is 0. The minimum Gasteiger partial charge on any atom is -0.303 e. The van der Waals surface area contributed by atoms with Crippen molar-refractivity contribution in [3.05, 3.63) is 0 Å². The lowest BCUT2D eigenvalue weighted by Gasteiger charge is -2.45. The Morgan fingerprint density at radius 2 is 1.50 bits per heavy atom. The van der Waals surface area contributed by atoms with Crippen LogP contribution < -0.4 is 0 Å². The third kappa shape index (κ3) is 1.99. The largest absolute Gasteiger partial charge is 0.303 e. The Balaban J connectivity index is 2.60. The van der Waals surface area contributed by atoms with E-state index in [9.17, 15) is 0 Å². The molecule has 2 atom stereocenters. The second-order valence-electron chi connectivity index (χ2n) is 4.46. The Morgan fingerprint density at radius 1 is 1.08 bits per heavy atom. The van der Waals surface area contributed by atoms with E-state index in [0.29, 0.717) is 18.1 Å². The van der Waals surface area contributed by atoms with E-state index in [4.69, 9.17) is 0 Å². The topological polar surface area (TPSA) is 6.48 Å². The number of hydrogen-bond donors (Lipinski definition) is 0. The summed E-state index contributed by atoms with van der Waals surface area (Å²) in [4.78, 5) is 5.04. The molecule has 0 amide bonds. The molecule has 0 aliphatic carbocycles. The van der Waals surface area contributed by atoms with Crippen molar-refractivity contribution < 1.29 is 0 Å². The average Bonchev–Trinajstić information content (AvgIpc) is 1.82. The molecule has 1 fully saturated rings. The van der Waals surface area contributed by atoms with Gasteiger partial charge >= 0.3 is 0 Å². The molecule has 1 aliphatic rings. The third-order valence-corrected chi connectivity index (χ3v) is 2.77. The minimum atomic E-state index is 0.684. The highest BCUT2D eigenvalue weighted by molar-refractivity contribution is 4.85. The van der Waals surface area contributed by atoms with E-state index >= 15 is 0 Å². The first-order valence-electron chi connectivity index (χ1n) is 4.98. The number of rotatable bonds is 1. The van der Waals surface area contributed by atoms with Gasteiger partial charge in [0.2, 0.25) is 0 Å². The maximum atomic E-state index is 2.61. The SMILES string of the molecule is CC(C)N1[C@H](C)CN(C)C[C@@H]1C. The van der Waals surface area contributed by atoms with Crippen molar-refractivity contribution in [3.8, 4) is 0 Å². The number of nitrogens with zero attached hydrogens (tertiary/aromatic N) is 2. The van der Waals surface area contributed by atoms with Gasteiger partial charge in [0, 0.05) is 31.2 Å². The number of hydrogen-bond acceptors (Lipinski definition) is 2. The van der Waals surface area contributed by atoms with E-state index in [1.54, 1.807) is 0 Å². The van der Waals surface area contributed by atoms with Gasteiger partial charge in [0.1, 0.15) is 0 Å². The van der Waals surface area contributed by atoms with Gasteiger partial charge in [-0.3, -0.25) is 4.90 Å². The third-order valence-electron chi connectivity index (χ3n) is 2.77. The van der Waals surface area contributed by atoms with Gasteiger partial charge in [-0.05, 0) is 34.7 Å². The van der Waals surface area contributed by atoms with Crippen LogP contribution in [0.1, 0.15) is 27.7 Å². The van der Waals surface area contributed by atoms with Crippen molar-refractivity contribution in [2.24, 2.45) is 0 Å². The molecule has 1 heterocycles. The highest BCUT2D eigenvalue weighted by Gasteiger charge is 2.28. The van der Waals surface area contributed by atoms with Crippen LogP contribution in [0.2, 0.25) is 0 Å². The van der Waals surface area contributed by atoms with Crippen molar-refractivity contribution in [2.75, 3.05) is 20.1 Å². The maximum absolute atomic E-state index is 2.61. The molecule has 72 valence electrons. The van der Waals surface area contributed by atoms with Crippen LogP contribution in [0, 0.1) is 0 Å². The van der Waals surface area contributed by atoms with Crippen molar-refractivity contribution in [2.45, 2.75) is 45.8 Å². The first kappa shape index (κ1) is 10.0. The van der Waals surface area contributed by atoms with Crippen LogP contribution in [0.5, 0.6) is 0 Å². The molecule has 12 heavy (non-hydrogen) atoms. The van der Waals surface area contributed by atoms with E-state index in [-0.39, 0.29) is 0 Å². The Morgan fingerprint density at radius 3 is 1.83 bits per heavy atom. The number of piperazine rings is 1. The zero-order valence-electron chi connectivity index (χ0n) is 9.04. The fourth-order valence-electron chi connectivity index (χ4n) is 2.62. The summed E-state index contributed by atoms with van der Waals surface area (Å²) in [6.45, 7) is 11.7. The standard InChI is InChI=1S/C10H22N2/c1-8(2)12-9(3)6-11(5)7-10(12)4/h8-10H,6-7H2,1-5H3/t9-,10+. The van der Waals surface area contributed by atoms with Crippen LogP contribution in [0.25, 0.3) is 0 Å². The lowest BCUT2D eigenvalue weighted by molar-refractivity contribution is 0.0280. The predicted octanol–water partition coefficient (Wildman–Crippen LogP) is 1.42. The molecule has 0 aromatic rings. The Kier molecular flexibility index (Phi) is 3.13. The summed E-state index contributed by atoms with van der Waals surface area (Å²) < 4.78 is 0. The molecule has 1 rings (SSSR count). The molecule has 0 unspecified atom stereocenters. The van der Waals surface area contributed by atoms with Crippen LogP contribution in [-0.2, 0) is 0 Å². The summed E-state index contributed by atoms with van der Waals surface area (Å²) in [6.07, 6.45) is 0. The quantitative estimate of drug-likeness (QED) is 0.587. The zero-order valence-corrected chi connectivity index (χ0v) is 9.04. The first-order valence-corrected chi connectivity index (χ1v) is 4.98. The van der Waals surface area contributed by atoms with Crippen LogP contribution in [0.15, 0.2) is 0 Å². The normalized spacial score (nSPS) is 34.5. The Bertz CT molecular complexity index is 133. The molecule has 0 saturated carbocycles. The summed E-state index contributed by atoms with van der Waals surface area (Å²) in [6, 6.07) is 2.10. The van der Waals surface area contributed by atoms with Crippen molar-refractivity contribution >= 4 is 0 Å². The monoisotopic (exact) mass is 170 g/mol. The van der Waals surface area contributed by atoms with Crippen molar-refractivity contribution in [1.29, 1.82) is 0 Å². The molecular weight excluding hydrogens is 148 g/mol. The van der Waals surface area contributed by atoms with Gasteiger partial charge in [-0.1, -0.05) is 0 Å². The van der Waals surface area contributed by atoms with E-state index in [2.05, 4.69) is 44.5 Å². The lowest BCUT2D eigenvalue weighted by atomic mass is 10.1. The highest BCUT2D eigenvalue weighted by atomic mass is 15.3. The first-order chi connectivity index (χ1) is 5.52. The zero-order chi connectivity index (χ0) is 9.30. The van der Waals surface area contributed by atoms with Crippen LogP contribution >= 0.6 is 0 Å². The molecule has 1 aliphatic heterocycles. The van der Waals surface area contributed by atoms with Gasteiger partial charge < -0.3 is 4.90 Å². The summed E-state index contributed by atoms with van der Waals surface area (Å²) in [5, 5.41) is 0. The predicted molar refractivity (Wildman–Crippen MR) is 53.4 cm³/mol. The Labute approximate surface area is 76.5 Å². The van der Waals surface area contributed by atoms with Gasteiger partial charge in [0.05, 0.1) is 0 Å². The molecule has 2 nitrogen and oxygen atoms in total. The second-order valence-corrected chi connectivity index (χ2v) is 4.46. The second kappa shape index (κ2) is 3.75. The van der Waals surface area contributed by atoms with E-state index in [1.165, 1.54) is 13.1 Å². The van der Waals surface area contributed by atoms with Gasteiger partial charge in [-0.2, -0.15) is 0 Å². The van der Waals surface area contributed by atoms with Crippen LogP contribution in [0.3, 0.4) is 0 Å². The fraction of sp³-hybridized carbons (Fsp3) is 1.00. The summed E-state index contributed by atoms with van der Waals surface area (Å²) in [7, 11) is 2.21. The Hall–Kier alpha value is -0.0800. The fourth-order valence-corrected chi connectivity index (χ4v) is 2.62.